The van der Waals surface area contributed by atoms with Gasteiger partial charge < -0.3 is 15.1 Å². The molecule has 5 rings (SSSR count). The minimum atomic E-state index is -4.03. The molecule has 1 heterocycles. The highest BCUT2D eigenvalue weighted by atomic mass is 32.2. The number of carbonyl (C=O) groups is 1. The molecule has 37 heavy (non-hydrogen) atoms. The summed E-state index contributed by atoms with van der Waals surface area (Å²) in [5.41, 5.74) is 0.137. The van der Waals surface area contributed by atoms with Crippen molar-refractivity contribution in [2.45, 2.75) is 115 Å². The second kappa shape index (κ2) is 10.0. The maximum atomic E-state index is 12.9. The van der Waals surface area contributed by atoms with E-state index in [0.29, 0.717) is 67.9 Å². The van der Waals surface area contributed by atoms with Gasteiger partial charge in [-0.25, -0.2) is 0 Å². The average Bonchev–Trinajstić information content (AvgIpc) is 3.22. The molecule has 7 nitrogen and oxygen atoms in total. The van der Waals surface area contributed by atoms with Crippen molar-refractivity contribution < 1.29 is 28.0 Å². The molecule has 10 atom stereocenters. The number of likely N-dealkylation sites (tertiary alicyclic amines) is 1. The number of hydrogen-bond acceptors (Lipinski definition) is 5. The van der Waals surface area contributed by atoms with Gasteiger partial charge in [-0.3, -0.25) is 9.35 Å². The fourth-order valence-corrected chi connectivity index (χ4v) is 11.1. The molecule has 0 aromatic heterocycles. The van der Waals surface area contributed by atoms with Crippen LogP contribution in [0, 0.1) is 46.3 Å². The number of piperidine rings is 1. The third-order valence-corrected chi connectivity index (χ3v) is 13.8. The fourth-order valence-electron chi connectivity index (χ4n) is 10.3. The van der Waals surface area contributed by atoms with E-state index in [0.717, 1.165) is 38.5 Å². The smallest absolute Gasteiger partial charge is 0.267 e. The largest absolute Gasteiger partial charge is 0.393 e. The number of aliphatic hydroxyl groups is 2. The molecule has 0 radical (unpaired) electrons. The fraction of sp³-hybridized carbons (Fsp3) is 0.966. The van der Waals surface area contributed by atoms with Crippen LogP contribution in [0.25, 0.3) is 0 Å². The third kappa shape index (κ3) is 4.80. The first-order valence-corrected chi connectivity index (χ1v) is 16.5. The second-order valence-corrected chi connectivity index (χ2v) is 15.7. The van der Waals surface area contributed by atoms with Gasteiger partial charge in [-0.1, -0.05) is 20.8 Å². The normalized spacial score (nSPS) is 45.6. The van der Waals surface area contributed by atoms with Crippen LogP contribution in [0.15, 0.2) is 0 Å². The van der Waals surface area contributed by atoms with Crippen molar-refractivity contribution in [3.63, 3.8) is 0 Å². The van der Waals surface area contributed by atoms with E-state index in [-0.39, 0.29) is 28.9 Å². The lowest BCUT2D eigenvalue weighted by atomic mass is 9.43. The molecule has 0 bridgehead atoms. The Bertz CT molecular complexity index is 963. The van der Waals surface area contributed by atoms with Crippen molar-refractivity contribution in [3.8, 4) is 0 Å². The summed E-state index contributed by atoms with van der Waals surface area (Å²) < 4.78 is 32.1. The monoisotopic (exact) mass is 539 g/mol. The van der Waals surface area contributed by atoms with E-state index in [1.54, 1.807) is 4.90 Å². The molecule has 0 aromatic carbocycles. The highest BCUT2D eigenvalue weighted by Gasteiger charge is 2.63. The van der Waals surface area contributed by atoms with Crippen LogP contribution in [0.5, 0.6) is 0 Å². The zero-order valence-electron chi connectivity index (χ0n) is 23.0. The Morgan fingerprint density at radius 1 is 0.973 bits per heavy atom. The van der Waals surface area contributed by atoms with Gasteiger partial charge in [-0.05, 0) is 117 Å². The standard InChI is InChI=1S/C29H49NO6S/c1-18(4-9-27(33)30-14-11-21(12-15-30)37(34,35)36)23-7-8-24-22-6-5-19-16-20(31)10-13-28(19,2)25(22)17-26(32)29(23,24)3/h18-26,31-32H,4-17H2,1-3H3,(H,34,35,36)/t18-,19-,20-,22+,23-,24+,25+,26+,28+,29-/m1/s1. The Morgan fingerprint density at radius 3 is 2.35 bits per heavy atom. The van der Waals surface area contributed by atoms with Crippen LogP contribution in [-0.2, 0) is 14.9 Å². The molecule has 0 spiro atoms. The second-order valence-electron chi connectivity index (χ2n) is 14.0. The number of amides is 1. The van der Waals surface area contributed by atoms with Crippen molar-refractivity contribution in [3.05, 3.63) is 0 Å². The van der Waals surface area contributed by atoms with Crippen LogP contribution in [0.1, 0.15) is 97.8 Å². The first-order chi connectivity index (χ1) is 17.4. The summed E-state index contributed by atoms with van der Waals surface area (Å²) in [6, 6.07) is 0. The SMILES string of the molecule is C[C@H](CCC(=O)N1CCC(S(=O)(=O)O)CC1)[C@H]1CC[C@H]2[C@@H]3CC[C@@H]4C[C@H](O)CC[C@]4(C)[C@H]3C[C@H](O)[C@]12C. The first-order valence-electron chi connectivity index (χ1n) is 15.0. The van der Waals surface area contributed by atoms with Crippen molar-refractivity contribution in [1.82, 2.24) is 4.90 Å². The van der Waals surface area contributed by atoms with Gasteiger partial charge in [0.1, 0.15) is 0 Å². The van der Waals surface area contributed by atoms with Gasteiger partial charge >= 0.3 is 0 Å². The number of carbonyl (C=O) groups excluding carboxylic acids is 1. The predicted molar refractivity (Wildman–Crippen MR) is 142 cm³/mol. The minimum absolute atomic E-state index is 0.0790. The minimum Gasteiger partial charge on any atom is -0.393 e. The van der Waals surface area contributed by atoms with Crippen LogP contribution < -0.4 is 0 Å². The van der Waals surface area contributed by atoms with E-state index < -0.39 is 15.4 Å². The zero-order valence-corrected chi connectivity index (χ0v) is 23.8. The van der Waals surface area contributed by atoms with E-state index in [9.17, 15) is 28.0 Å². The van der Waals surface area contributed by atoms with Gasteiger partial charge in [0.25, 0.3) is 10.1 Å². The van der Waals surface area contributed by atoms with Gasteiger partial charge in [0.15, 0.2) is 0 Å². The van der Waals surface area contributed by atoms with Gasteiger partial charge in [-0.15, -0.1) is 0 Å². The highest BCUT2D eigenvalue weighted by molar-refractivity contribution is 7.86. The zero-order chi connectivity index (χ0) is 26.8. The summed E-state index contributed by atoms with van der Waals surface area (Å²) in [7, 11) is -4.03. The van der Waals surface area contributed by atoms with Crippen LogP contribution >= 0.6 is 0 Å². The lowest BCUT2D eigenvalue weighted by molar-refractivity contribution is -0.175. The first kappa shape index (κ1) is 27.9. The Kier molecular flexibility index (Phi) is 7.56. The average molecular weight is 540 g/mol. The Morgan fingerprint density at radius 2 is 1.68 bits per heavy atom. The summed E-state index contributed by atoms with van der Waals surface area (Å²) in [6.07, 6.45) is 9.91. The Balaban J connectivity index is 1.21. The predicted octanol–water partition coefficient (Wildman–Crippen LogP) is 4.27. The van der Waals surface area contributed by atoms with E-state index >= 15 is 0 Å². The molecule has 1 aliphatic heterocycles. The number of hydrogen-bond donors (Lipinski definition) is 3. The maximum Gasteiger partial charge on any atom is 0.267 e. The Labute approximate surface area is 223 Å². The molecule has 3 N–H and O–H groups in total. The molecule has 8 heteroatoms. The topological polar surface area (TPSA) is 115 Å². The third-order valence-electron chi connectivity index (χ3n) is 12.5. The van der Waals surface area contributed by atoms with Crippen molar-refractivity contribution in [2.75, 3.05) is 13.1 Å². The van der Waals surface area contributed by atoms with E-state index in [1.165, 1.54) is 19.3 Å². The van der Waals surface area contributed by atoms with E-state index in [2.05, 4.69) is 20.8 Å². The molecular weight excluding hydrogens is 490 g/mol. The molecule has 0 unspecified atom stereocenters. The molecule has 0 aromatic rings. The molecule has 1 saturated heterocycles. The maximum absolute atomic E-state index is 12.9. The molecular formula is C29H49NO6S. The van der Waals surface area contributed by atoms with Gasteiger partial charge in [0.2, 0.25) is 5.91 Å². The quantitative estimate of drug-likeness (QED) is 0.450. The summed E-state index contributed by atoms with van der Waals surface area (Å²) in [4.78, 5) is 14.7. The highest BCUT2D eigenvalue weighted by Crippen LogP contribution is 2.68. The molecule has 5 fully saturated rings. The van der Waals surface area contributed by atoms with Crippen LogP contribution in [-0.4, -0.2) is 64.5 Å². The lowest BCUT2D eigenvalue weighted by Gasteiger charge is -2.62. The van der Waals surface area contributed by atoms with Crippen molar-refractivity contribution >= 4 is 16.0 Å². The van der Waals surface area contributed by atoms with Crippen LogP contribution in [0.4, 0.5) is 0 Å². The number of fused-ring (bicyclic) bond motifs is 5. The Hall–Kier alpha value is -0.700. The van der Waals surface area contributed by atoms with Crippen molar-refractivity contribution in [2.24, 2.45) is 46.3 Å². The molecule has 5 aliphatic rings. The number of aliphatic hydroxyl groups excluding tert-OH is 2. The van der Waals surface area contributed by atoms with Gasteiger partial charge in [0, 0.05) is 19.5 Å². The van der Waals surface area contributed by atoms with E-state index in [4.69, 9.17) is 0 Å². The molecule has 1 amide bonds. The number of rotatable bonds is 5. The molecule has 212 valence electrons. The van der Waals surface area contributed by atoms with E-state index in [1.807, 2.05) is 0 Å². The van der Waals surface area contributed by atoms with Gasteiger partial charge in [0.05, 0.1) is 17.5 Å². The summed E-state index contributed by atoms with van der Waals surface area (Å²) in [5.74, 6) is 3.16. The summed E-state index contributed by atoms with van der Waals surface area (Å²) in [5, 5.41) is 21.3. The summed E-state index contributed by atoms with van der Waals surface area (Å²) in [6.45, 7) is 7.83. The van der Waals surface area contributed by atoms with Crippen LogP contribution in [0.3, 0.4) is 0 Å². The molecule has 4 saturated carbocycles. The van der Waals surface area contributed by atoms with Crippen LogP contribution in [0.2, 0.25) is 0 Å². The number of nitrogens with zero attached hydrogens (tertiary/aromatic N) is 1. The molecule has 4 aliphatic carbocycles. The van der Waals surface area contributed by atoms with Crippen molar-refractivity contribution in [1.29, 1.82) is 0 Å². The lowest BCUT2D eigenvalue weighted by Crippen LogP contribution is -2.58. The van der Waals surface area contributed by atoms with Gasteiger partial charge in [-0.2, -0.15) is 8.42 Å². The summed E-state index contributed by atoms with van der Waals surface area (Å²) >= 11 is 0.